The normalized spacial score (nSPS) is 16.5. The van der Waals surface area contributed by atoms with Crippen molar-refractivity contribution in [3.05, 3.63) is 0 Å². The topological polar surface area (TPSA) is 41.6 Å². The van der Waals surface area contributed by atoms with E-state index in [1.807, 2.05) is 13.8 Å². The molecular weight excluding hydrogens is 240 g/mol. The molecule has 0 aliphatic rings. The van der Waals surface area contributed by atoms with E-state index >= 15 is 0 Å². The van der Waals surface area contributed by atoms with Crippen molar-refractivity contribution >= 4 is 5.97 Å². The molecule has 0 aliphatic carbocycles. The molecule has 4 nitrogen and oxygen atoms in total. The molecule has 0 bridgehead atoms. The summed E-state index contributed by atoms with van der Waals surface area (Å²) >= 11 is 0. The summed E-state index contributed by atoms with van der Waals surface area (Å²) in [6.45, 7) is 14.5. The average Bonchev–Trinajstić information content (AvgIpc) is 2.34. The minimum absolute atomic E-state index is 0.179. The molecule has 0 saturated heterocycles. The molecule has 2 unspecified atom stereocenters. The summed E-state index contributed by atoms with van der Waals surface area (Å²) in [7, 11) is 1.45. The summed E-state index contributed by atoms with van der Waals surface area (Å²) in [6, 6.07) is 0.821. The summed E-state index contributed by atoms with van der Waals surface area (Å²) in [6.07, 6.45) is 1.88. The Morgan fingerprint density at radius 1 is 1.32 bits per heavy atom. The van der Waals surface area contributed by atoms with Crippen molar-refractivity contribution in [2.24, 2.45) is 0 Å². The lowest BCUT2D eigenvalue weighted by Gasteiger charge is -2.38. The molecular formula is C15H32N2O2. The quantitative estimate of drug-likeness (QED) is 0.655. The van der Waals surface area contributed by atoms with E-state index in [1.54, 1.807) is 0 Å². The average molecular weight is 272 g/mol. The van der Waals surface area contributed by atoms with Gasteiger partial charge in [-0.15, -0.1) is 0 Å². The van der Waals surface area contributed by atoms with Gasteiger partial charge in [-0.1, -0.05) is 13.8 Å². The summed E-state index contributed by atoms with van der Waals surface area (Å²) in [4.78, 5) is 14.4. The Balaban J connectivity index is 4.86. The number of rotatable bonds is 9. The predicted molar refractivity (Wildman–Crippen MR) is 80.3 cm³/mol. The molecule has 0 amide bonds. The maximum atomic E-state index is 12.0. The fraction of sp³-hybridized carbons (Fsp3) is 0.933. The van der Waals surface area contributed by atoms with Crippen LogP contribution in [0.25, 0.3) is 0 Å². The number of esters is 1. The van der Waals surface area contributed by atoms with Crippen LogP contribution in [0.2, 0.25) is 0 Å². The van der Waals surface area contributed by atoms with E-state index in [4.69, 9.17) is 4.74 Å². The zero-order valence-corrected chi connectivity index (χ0v) is 13.7. The molecule has 0 aromatic heterocycles. The maximum absolute atomic E-state index is 12.0. The first-order valence-electron chi connectivity index (χ1n) is 7.41. The molecule has 0 fully saturated rings. The van der Waals surface area contributed by atoms with Crippen LogP contribution in [0.1, 0.15) is 54.4 Å². The Kier molecular flexibility index (Phi) is 8.26. The molecule has 0 spiro atoms. The Morgan fingerprint density at radius 2 is 1.89 bits per heavy atom. The van der Waals surface area contributed by atoms with Crippen LogP contribution in [-0.2, 0) is 9.53 Å². The van der Waals surface area contributed by atoms with Crippen molar-refractivity contribution in [2.45, 2.75) is 72.0 Å². The predicted octanol–water partition coefficient (Wildman–Crippen LogP) is 2.43. The lowest BCUT2D eigenvalue weighted by Crippen LogP contribution is -2.54. The molecule has 0 saturated carbocycles. The molecule has 0 radical (unpaired) electrons. The third-order valence-corrected chi connectivity index (χ3v) is 3.62. The zero-order chi connectivity index (χ0) is 15.1. The van der Waals surface area contributed by atoms with Gasteiger partial charge in [0.2, 0.25) is 0 Å². The van der Waals surface area contributed by atoms with Gasteiger partial charge >= 0.3 is 5.97 Å². The van der Waals surface area contributed by atoms with Crippen molar-refractivity contribution < 1.29 is 9.53 Å². The van der Waals surface area contributed by atoms with Gasteiger partial charge in [-0.2, -0.15) is 0 Å². The number of nitrogens with zero attached hydrogens (tertiary/aromatic N) is 1. The molecule has 1 N–H and O–H groups in total. The Labute approximate surface area is 118 Å². The van der Waals surface area contributed by atoms with Crippen molar-refractivity contribution in [1.82, 2.24) is 10.2 Å². The van der Waals surface area contributed by atoms with Crippen LogP contribution in [0.5, 0.6) is 0 Å². The highest BCUT2D eigenvalue weighted by Gasteiger charge is 2.36. The molecule has 0 aromatic carbocycles. The summed E-state index contributed by atoms with van der Waals surface area (Å²) in [5.41, 5.74) is -0.607. The molecule has 0 aromatic rings. The number of carbonyl (C=O) groups excluding carboxylic acids is 1. The van der Waals surface area contributed by atoms with Crippen LogP contribution < -0.4 is 5.32 Å². The fourth-order valence-electron chi connectivity index (χ4n) is 2.80. The van der Waals surface area contributed by atoms with E-state index in [9.17, 15) is 4.79 Å². The van der Waals surface area contributed by atoms with Crippen LogP contribution in [0.15, 0.2) is 0 Å². The first-order chi connectivity index (χ1) is 8.82. The number of methoxy groups -OCH3 is 1. The maximum Gasteiger partial charge on any atom is 0.325 e. The van der Waals surface area contributed by atoms with E-state index < -0.39 is 5.54 Å². The van der Waals surface area contributed by atoms with Crippen molar-refractivity contribution in [1.29, 1.82) is 0 Å². The number of hydrogen-bond donors (Lipinski definition) is 1. The number of ether oxygens (including phenoxy) is 1. The third-order valence-electron chi connectivity index (χ3n) is 3.62. The van der Waals surface area contributed by atoms with Gasteiger partial charge in [-0.25, -0.2) is 0 Å². The van der Waals surface area contributed by atoms with Crippen molar-refractivity contribution in [3.63, 3.8) is 0 Å². The smallest absolute Gasteiger partial charge is 0.325 e. The first-order valence-corrected chi connectivity index (χ1v) is 7.41. The second kappa shape index (κ2) is 8.54. The van der Waals surface area contributed by atoms with Gasteiger partial charge in [-0.3, -0.25) is 9.69 Å². The lowest BCUT2D eigenvalue weighted by molar-refractivity contribution is -0.148. The van der Waals surface area contributed by atoms with Gasteiger partial charge in [0.15, 0.2) is 0 Å². The standard InChI is InChI=1S/C15H32N2O2/c1-8-10-17(12(3)4)13(5)11-15(6,16-9-2)14(18)19-7/h12-13,16H,8-11H2,1-7H3. The van der Waals surface area contributed by atoms with E-state index in [2.05, 4.69) is 37.9 Å². The highest BCUT2D eigenvalue weighted by Crippen LogP contribution is 2.20. The van der Waals surface area contributed by atoms with Crippen LogP contribution in [0, 0.1) is 0 Å². The summed E-state index contributed by atoms with van der Waals surface area (Å²) < 4.78 is 4.95. The molecule has 4 heteroatoms. The monoisotopic (exact) mass is 272 g/mol. The highest BCUT2D eigenvalue weighted by molar-refractivity contribution is 5.80. The van der Waals surface area contributed by atoms with Gasteiger partial charge in [0.05, 0.1) is 7.11 Å². The van der Waals surface area contributed by atoms with Gasteiger partial charge in [0, 0.05) is 12.1 Å². The Hall–Kier alpha value is -0.610. The molecule has 0 aliphatic heterocycles. The van der Waals surface area contributed by atoms with E-state index in [0.29, 0.717) is 12.1 Å². The molecule has 2 atom stereocenters. The highest BCUT2D eigenvalue weighted by atomic mass is 16.5. The van der Waals surface area contributed by atoms with Gasteiger partial charge in [0.25, 0.3) is 0 Å². The summed E-state index contributed by atoms with van der Waals surface area (Å²) in [5, 5.41) is 3.28. The molecule has 0 rings (SSSR count). The molecule has 114 valence electrons. The van der Waals surface area contributed by atoms with Crippen LogP contribution in [0.4, 0.5) is 0 Å². The largest absolute Gasteiger partial charge is 0.468 e. The lowest BCUT2D eigenvalue weighted by atomic mass is 9.92. The number of likely N-dealkylation sites (N-methyl/N-ethyl adjacent to an activating group) is 1. The van der Waals surface area contributed by atoms with E-state index in [0.717, 1.165) is 25.9 Å². The third kappa shape index (κ3) is 5.49. The number of carbonyl (C=O) groups is 1. The van der Waals surface area contributed by atoms with Gasteiger partial charge in [0.1, 0.15) is 5.54 Å². The Morgan fingerprint density at radius 3 is 2.26 bits per heavy atom. The van der Waals surface area contributed by atoms with Crippen molar-refractivity contribution in [3.8, 4) is 0 Å². The van der Waals surface area contributed by atoms with Gasteiger partial charge < -0.3 is 10.1 Å². The minimum Gasteiger partial charge on any atom is -0.468 e. The van der Waals surface area contributed by atoms with Crippen LogP contribution in [0.3, 0.4) is 0 Å². The SMILES string of the molecule is CCCN(C(C)C)C(C)CC(C)(NCC)C(=O)OC. The number of nitrogens with one attached hydrogen (secondary N) is 1. The minimum atomic E-state index is -0.607. The fourth-order valence-corrected chi connectivity index (χ4v) is 2.80. The molecule has 19 heavy (non-hydrogen) atoms. The summed E-state index contributed by atoms with van der Waals surface area (Å²) in [5.74, 6) is -0.179. The van der Waals surface area contributed by atoms with Gasteiger partial charge in [-0.05, 0) is 53.6 Å². The molecule has 0 heterocycles. The van der Waals surface area contributed by atoms with E-state index in [1.165, 1.54) is 7.11 Å². The van der Waals surface area contributed by atoms with E-state index in [-0.39, 0.29) is 5.97 Å². The second-order valence-corrected chi connectivity index (χ2v) is 5.74. The van der Waals surface area contributed by atoms with Crippen LogP contribution >= 0.6 is 0 Å². The Bertz CT molecular complexity index is 269. The van der Waals surface area contributed by atoms with Crippen LogP contribution in [-0.4, -0.2) is 48.7 Å². The van der Waals surface area contributed by atoms with Crippen molar-refractivity contribution in [2.75, 3.05) is 20.2 Å². The number of hydrogen-bond acceptors (Lipinski definition) is 4. The zero-order valence-electron chi connectivity index (χ0n) is 13.7. The second-order valence-electron chi connectivity index (χ2n) is 5.74. The first kappa shape index (κ1) is 18.4.